The maximum absolute atomic E-state index is 13.7. The molecule has 1 aliphatic heterocycles. The predicted molar refractivity (Wildman–Crippen MR) is 159 cm³/mol. The lowest BCUT2D eigenvalue weighted by molar-refractivity contribution is 0.0389. The monoisotopic (exact) mass is 596 g/mol. The summed E-state index contributed by atoms with van der Waals surface area (Å²) in [5.74, 6) is 0.0370. The van der Waals surface area contributed by atoms with E-state index in [4.69, 9.17) is 9.47 Å². The Hall–Kier alpha value is -4.13. The molecule has 0 aliphatic carbocycles. The van der Waals surface area contributed by atoms with Gasteiger partial charge in [0.2, 0.25) is 10.0 Å². The molecule has 4 rings (SSSR count). The van der Waals surface area contributed by atoms with E-state index in [9.17, 15) is 23.1 Å². The van der Waals surface area contributed by atoms with Gasteiger partial charge in [0, 0.05) is 25.2 Å². The van der Waals surface area contributed by atoms with Gasteiger partial charge in [-0.2, -0.15) is 4.31 Å². The zero-order valence-electron chi connectivity index (χ0n) is 24.0. The molecule has 0 bridgehead atoms. The lowest BCUT2D eigenvalue weighted by Gasteiger charge is -2.38. The van der Waals surface area contributed by atoms with E-state index in [1.165, 1.54) is 23.5 Å². The number of methoxy groups -OCH3 is 1. The van der Waals surface area contributed by atoms with Crippen molar-refractivity contribution in [2.24, 2.45) is 5.92 Å². The zero-order chi connectivity index (χ0) is 30.4. The number of amides is 3. The van der Waals surface area contributed by atoms with Crippen LogP contribution in [0.5, 0.6) is 11.5 Å². The van der Waals surface area contributed by atoms with Crippen molar-refractivity contribution < 1.29 is 32.6 Å². The highest BCUT2D eigenvalue weighted by atomic mass is 32.2. The molecule has 3 aromatic rings. The van der Waals surface area contributed by atoms with E-state index in [0.717, 1.165) is 0 Å². The van der Waals surface area contributed by atoms with Gasteiger partial charge in [-0.1, -0.05) is 31.2 Å². The minimum Gasteiger partial charge on any atom is -0.497 e. The largest absolute Gasteiger partial charge is 0.497 e. The third kappa shape index (κ3) is 6.84. The molecule has 0 fully saturated rings. The van der Waals surface area contributed by atoms with Gasteiger partial charge in [0.05, 0.1) is 42.4 Å². The first-order valence-corrected chi connectivity index (χ1v) is 14.9. The van der Waals surface area contributed by atoms with Crippen LogP contribution in [-0.2, 0) is 10.0 Å². The molecule has 0 saturated carbocycles. The van der Waals surface area contributed by atoms with Gasteiger partial charge in [0.25, 0.3) is 5.91 Å². The van der Waals surface area contributed by atoms with E-state index in [1.807, 2.05) is 6.92 Å². The molecule has 42 heavy (non-hydrogen) atoms. The second-order valence-electron chi connectivity index (χ2n) is 10.2. The number of rotatable bonds is 9. The van der Waals surface area contributed by atoms with E-state index >= 15 is 0 Å². The van der Waals surface area contributed by atoms with Crippen LogP contribution < -0.4 is 20.1 Å². The number of likely N-dealkylation sites (N-methyl/N-ethyl adjacent to an activating group) is 1. The Bertz CT molecular complexity index is 1500. The standard InChI is InChI=1S/C30H36N4O7S/c1-20-17-34(21(2)19-35)29(36)25-11-8-12-26(32-30(37)31-22-13-15-23(40-4)16-14-22)28(25)41-27(20)18-33(3)42(38,39)24-9-6-5-7-10-24/h5-16,20-21,27,35H,17-19H2,1-4H3,(H2,31,32,37)/t20-,21-,27+/m0/s1. The molecular weight excluding hydrogens is 560 g/mol. The molecular formula is C30H36N4O7S. The number of aliphatic hydroxyl groups is 1. The van der Waals surface area contributed by atoms with Gasteiger partial charge in [-0.15, -0.1) is 0 Å². The first-order chi connectivity index (χ1) is 20.0. The van der Waals surface area contributed by atoms with Gasteiger partial charge in [0.15, 0.2) is 5.75 Å². The highest BCUT2D eigenvalue weighted by molar-refractivity contribution is 7.89. The van der Waals surface area contributed by atoms with Crippen LogP contribution in [0, 0.1) is 5.92 Å². The summed E-state index contributed by atoms with van der Waals surface area (Å²) < 4.78 is 39.4. The Labute approximate surface area is 246 Å². The maximum Gasteiger partial charge on any atom is 0.323 e. The Kier molecular flexibility index (Phi) is 9.71. The third-order valence-corrected chi connectivity index (χ3v) is 9.01. The fraction of sp³-hybridized carbons (Fsp3) is 0.333. The number of fused-ring (bicyclic) bond motifs is 1. The van der Waals surface area contributed by atoms with Crippen molar-refractivity contribution in [3.05, 3.63) is 78.4 Å². The number of nitrogens with zero attached hydrogens (tertiary/aromatic N) is 2. The van der Waals surface area contributed by atoms with E-state index in [-0.39, 0.29) is 53.4 Å². The van der Waals surface area contributed by atoms with Gasteiger partial charge in [-0.25, -0.2) is 13.2 Å². The number of para-hydroxylation sites is 1. The lowest BCUT2D eigenvalue weighted by atomic mass is 9.99. The molecule has 3 aromatic carbocycles. The van der Waals surface area contributed by atoms with Crippen LogP contribution in [-0.4, -0.2) is 80.7 Å². The van der Waals surface area contributed by atoms with Crippen molar-refractivity contribution in [2.45, 2.75) is 30.9 Å². The number of hydrogen-bond acceptors (Lipinski definition) is 7. The third-order valence-electron chi connectivity index (χ3n) is 7.18. The predicted octanol–water partition coefficient (Wildman–Crippen LogP) is 3.88. The molecule has 3 amide bonds. The van der Waals surface area contributed by atoms with Gasteiger partial charge >= 0.3 is 6.03 Å². The van der Waals surface area contributed by atoms with Crippen molar-refractivity contribution in [2.75, 3.05) is 44.5 Å². The number of hydrogen-bond donors (Lipinski definition) is 3. The highest BCUT2D eigenvalue weighted by Gasteiger charge is 2.36. The number of sulfonamides is 1. The summed E-state index contributed by atoms with van der Waals surface area (Å²) in [4.78, 5) is 28.3. The molecule has 3 N–H and O–H groups in total. The summed E-state index contributed by atoms with van der Waals surface area (Å²) in [6, 6.07) is 18.6. The molecule has 11 nitrogen and oxygen atoms in total. The van der Waals surface area contributed by atoms with Crippen molar-refractivity contribution in [1.29, 1.82) is 0 Å². The normalized spacial score (nSPS) is 17.9. The number of ether oxygens (including phenoxy) is 2. The van der Waals surface area contributed by atoms with E-state index < -0.39 is 28.2 Å². The highest BCUT2D eigenvalue weighted by Crippen LogP contribution is 2.35. The number of anilines is 2. The summed E-state index contributed by atoms with van der Waals surface area (Å²) >= 11 is 0. The van der Waals surface area contributed by atoms with Crippen molar-refractivity contribution in [1.82, 2.24) is 9.21 Å². The van der Waals surface area contributed by atoms with E-state index in [0.29, 0.717) is 11.4 Å². The van der Waals surface area contributed by atoms with Crippen LogP contribution in [0.15, 0.2) is 77.7 Å². The average molecular weight is 597 g/mol. The van der Waals surface area contributed by atoms with Gasteiger partial charge in [0.1, 0.15) is 11.9 Å². The van der Waals surface area contributed by atoms with Crippen LogP contribution >= 0.6 is 0 Å². The molecule has 0 aromatic heterocycles. The second kappa shape index (κ2) is 13.2. The number of aliphatic hydroxyl groups excluding tert-OH is 1. The Morgan fingerprint density at radius 1 is 1.10 bits per heavy atom. The second-order valence-corrected chi connectivity index (χ2v) is 12.3. The fourth-order valence-electron chi connectivity index (χ4n) is 4.64. The quantitative estimate of drug-likeness (QED) is 0.341. The number of benzene rings is 3. The minimum atomic E-state index is -3.83. The topological polar surface area (TPSA) is 138 Å². The first kappa shape index (κ1) is 30.8. The lowest BCUT2D eigenvalue weighted by Crippen LogP contribution is -2.50. The van der Waals surface area contributed by atoms with Crippen LogP contribution in [0.1, 0.15) is 24.2 Å². The first-order valence-electron chi connectivity index (χ1n) is 13.5. The molecule has 0 radical (unpaired) electrons. The van der Waals surface area contributed by atoms with Crippen LogP contribution in [0.25, 0.3) is 0 Å². The van der Waals surface area contributed by atoms with E-state index in [1.54, 1.807) is 79.6 Å². The number of urea groups is 1. The summed E-state index contributed by atoms with van der Waals surface area (Å²) in [6.07, 6.45) is -0.707. The molecule has 1 aliphatic rings. The Balaban J connectivity index is 1.67. The van der Waals surface area contributed by atoms with Crippen molar-refractivity contribution >= 4 is 33.3 Å². The van der Waals surface area contributed by atoms with Crippen molar-refractivity contribution in [3.8, 4) is 11.5 Å². The SMILES string of the molecule is COc1ccc(NC(=O)Nc2cccc3c2O[C@H](CN(C)S(=O)(=O)c2ccccc2)[C@@H](C)CN([C@@H](C)CO)C3=O)cc1. The van der Waals surface area contributed by atoms with Gasteiger partial charge in [-0.3, -0.25) is 4.79 Å². The van der Waals surface area contributed by atoms with Crippen LogP contribution in [0.4, 0.5) is 16.2 Å². The Morgan fingerprint density at radius 2 is 1.79 bits per heavy atom. The number of carbonyl (C=O) groups excluding carboxylic acids is 2. The summed E-state index contributed by atoms with van der Waals surface area (Å²) in [6.45, 7) is 3.52. The molecule has 224 valence electrons. The van der Waals surface area contributed by atoms with Crippen LogP contribution in [0.2, 0.25) is 0 Å². The summed E-state index contributed by atoms with van der Waals surface area (Å²) in [7, 11) is -0.807. The summed E-state index contributed by atoms with van der Waals surface area (Å²) in [5, 5.41) is 15.4. The van der Waals surface area contributed by atoms with Gasteiger partial charge < -0.3 is 30.1 Å². The minimum absolute atomic E-state index is 0.0280. The molecule has 0 spiro atoms. The molecule has 1 heterocycles. The maximum atomic E-state index is 13.7. The van der Waals surface area contributed by atoms with E-state index in [2.05, 4.69) is 10.6 Å². The number of nitrogens with one attached hydrogen (secondary N) is 2. The van der Waals surface area contributed by atoms with Crippen LogP contribution in [0.3, 0.4) is 0 Å². The van der Waals surface area contributed by atoms with Crippen molar-refractivity contribution in [3.63, 3.8) is 0 Å². The fourth-order valence-corrected chi connectivity index (χ4v) is 5.85. The smallest absolute Gasteiger partial charge is 0.323 e. The molecule has 3 atom stereocenters. The average Bonchev–Trinajstić information content (AvgIpc) is 2.99. The molecule has 0 unspecified atom stereocenters. The Morgan fingerprint density at radius 3 is 2.43 bits per heavy atom. The molecule has 0 saturated heterocycles. The zero-order valence-corrected chi connectivity index (χ0v) is 24.8. The number of carbonyl (C=O) groups is 2. The summed E-state index contributed by atoms with van der Waals surface area (Å²) in [5.41, 5.74) is 0.936. The van der Waals surface area contributed by atoms with Gasteiger partial charge in [-0.05, 0) is 55.5 Å². The molecule has 12 heteroatoms.